The van der Waals surface area contributed by atoms with Gasteiger partial charge in [-0.1, -0.05) is 115 Å². The molecule has 4 nitrogen and oxygen atoms in total. The minimum atomic E-state index is 0.187. The zero-order chi connectivity index (χ0) is 36.7. The summed E-state index contributed by atoms with van der Waals surface area (Å²) >= 11 is 0. The van der Waals surface area contributed by atoms with Gasteiger partial charge in [0.1, 0.15) is 27.8 Å². The molecule has 0 aliphatic heterocycles. The van der Waals surface area contributed by atoms with E-state index in [9.17, 15) is 0 Å². The molecule has 0 N–H and O–H groups in total. The van der Waals surface area contributed by atoms with E-state index in [-0.39, 0.29) is 5.92 Å². The molecule has 3 aromatic heterocycles. The number of aromatic nitrogens is 1. The van der Waals surface area contributed by atoms with Gasteiger partial charge in [0.05, 0.1) is 0 Å². The number of para-hydroxylation sites is 2. The fourth-order valence-corrected chi connectivity index (χ4v) is 8.92. The minimum Gasteiger partial charge on any atom is -0.456 e. The number of rotatable bonds is 6. The lowest BCUT2D eigenvalue weighted by molar-refractivity contribution is 0.623. The van der Waals surface area contributed by atoms with Crippen LogP contribution in [0.2, 0.25) is 0 Å². The predicted octanol–water partition coefficient (Wildman–Crippen LogP) is 14.3. The molecule has 12 rings (SSSR count). The average molecular weight is 720 g/mol. The van der Waals surface area contributed by atoms with Gasteiger partial charge in [0.2, 0.25) is 5.89 Å². The molecule has 0 amide bonds. The van der Waals surface area contributed by atoms with Crippen LogP contribution in [-0.4, -0.2) is 4.98 Å². The maximum absolute atomic E-state index is 6.60. The molecule has 12 aromatic rings. The van der Waals surface area contributed by atoms with Crippen LogP contribution in [0, 0.1) is 0 Å². The SMILES string of the molecule is c1ccc(-c2nc3ccc4ccc5ccc([C@@H](Cc6ccc7cc8c(cc7c6)oc6ccccc68)Cc6ccc7oc8ccccc8c7c6)cc5c4c3o2)cc1. The van der Waals surface area contributed by atoms with Crippen molar-refractivity contribution in [2.75, 3.05) is 0 Å². The molecule has 0 spiro atoms. The van der Waals surface area contributed by atoms with E-state index in [4.69, 9.17) is 18.2 Å². The highest BCUT2D eigenvalue weighted by molar-refractivity contribution is 6.18. The van der Waals surface area contributed by atoms with Gasteiger partial charge in [-0.2, -0.15) is 0 Å². The quantitative estimate of drug-likeness (QED) is 0.161. The zero-order valence-electron chi connectivity index (χ0n) is 30.3. The van der Waals surface area contributed by atoms with E-state index < -0.39 is 0 Å². The molecule has 0 bridgehead atoms. The topological polar surface area (TPSA) is 52.3 Å². The molecule has 0 saturated carbocycles. The van der Waals surface area contributed by atoms with Gasteiger partial charge in [-0.25, -0.2) is 4.98 Å². The van der Waals surface area contributed by atoms with Gasteiger partial charge in [-0.3, -0.25) is 0 Å². The van der Waals surface area contributed by atoms with Gasteiger partial charge < -0.3 is 13.3 Å². The summed E-state index contributed by atoms with van der Waals surface area (Å²) in [7, 11) is 0. The molecule has 264 valence electrons. The van der Waals surface area contributed by atoms with E-state index in [0.717, 1.165) is 84.2 Å². The third-order valence-corrected chi connectivity index (χ3v) is 11.7. The van der Waals surface area contributed by atoms with Gasteiger partial charge in [-0.15, -0.1) is 0 Å². The highest BCUT2D eigenvalue weighted by Gasteiger charge is 2.19. The van der Waals surface area contributed by atoms with Crippen molar-refractivity contribution in [2.45, 2.75) is 18.8 Å². The van der Waals surface area contributed by atoms with E-state index in [1.54, 1.807) is 0 Å². The first-order chi connectivity index (χ1) is 27.7. The van der Waals surface area contributed by atoms with Crippen LogP contribution in [-0.2, 0) is 12.8 Å². The molecule has 3 heterocycles. The van der Waals surface area contributed by atoms with Crippen LogP contribution in [0.25, 0.3) is 98.7 Å². The predicted molar refractivity (Wildman–Crippen MR) is 230 cm³/mol. The molecule has 0 unspecified atom stereocenters. The third-order valence-electron chi connectivity index (χ3n) is 11.7. The molecule has 4 heteroatoms. The van der Waals surface area contributed by atoms with Crippen LogP contribution in [0.5, 0.6) is 0 Å². The van der Waals surface area contributed by atoms with Crippen molar-refractivity contribution in [2.24, 2.45) is 0 Å². The van der Waals surface area contributed by atoms with Crippen molar-refractivity contribution in [3.05, 3.63) is 187 Å². The number of hydrogen-bond donors (Lipinski definition) is 0. The Kier molecular flexibility index (Phi) is 6.78. The standard InChI is InChI=1S/C52H33NO3/c1-2-8-35(9-3-1)52-53-45-22-21-34-19-17-33-18-20-37(28-42(33)50(34)51(45)56-52)38(26-32-15-23-48-43(27-32)40-10-4-6-12-46(40)54-48)24-31-14-16-36-29-44-41-11-5-7-13-47(41)55-49(44)30-39(36)25-31/h1-23,25,27-30,38H,24,26H2/t38-/m0/s1. The van der Waals surface area contributed by atoms with Crippen LogP contribution in [0.3, 0.4) is 0 Å². The van der Waals surface area contributed by atoms with E-state index in [1.165, 1.54) is 38.2 Å². The lowest BCUT2D eigenvalue weighted by Crippen LogP contribution is -2.07. The van der Waals surface area contributed by atoms with Gasteiger partial charge in [0.25, 0.3) is 0 Å². The summed E-state index contributed by atoms with van der Waals surface area (Å²) < 4.78 is 19.1. The molecule has 0 radical (unpaired) electrons. The van der Waals surface area contributed by atoms with Crippen molar-refractivity contribution in [3.8, 4) is 11.5 Å². The van der Waals surface area contributed by atoms with Gasteiger partial charge in [0, 0.05) is 32.5 Å². The lowest BCUT2D eigenvalue weighted by atomic mass is 9.84. The molecule has 9 aromatic carbocycles. The summed E-state index contributed by atoms with van der Waals surface area (Å²) in [5.41, 5.74) is 10.2. The first-order valence-corrected chi connectivity index (χ1v) is 19.2. The third kappa shape index (κ3) is 5.03. The van der Waals surface area contributed by atoms with Gasteiger partial charge in [-0.05, 0) is 117 Å². The Morgan fingerprint density at radius 3 is 1.89 bits per heavy atom. The zero-order valence-corrected chi connectivity index (χ0v) is 30.3. The van der Waals surface area contributed by atoms with E-state index in [1.807, 2.05) is 54.6 Å². The second kappa shape index (κ2) is 12.2. The summed E-state index contributed by atoms with van der Waals surface area (Å²) in [6, 6.07) is 60.5. The summed E-state index contributed by atoms with van der Waals surface area (Å²) in [5.74, 6) is 0.823. The van der Waals surface area contributed by atoms with Crippen molar-refractivity contribution in [1.82, 2.24) is 4.98 Å². The van der Waals surface area contributed by atoms with Gasteiger partial charge in [0.15, 0.2) is 5.58 Å². The minimum absolute atomic E-state index is 0.187. The Labute approximate surface area is 321 Å². The van der Waals surface area contributed by atoms with Crippen LogP contribution >= 0.6 is 0 Å². The van der Waals surface area contributed by atoms with Crippen LogP contribution in [0.15, 0.2) is 183 Å². The van der Waals surface area contributed by atoms with Crippen molar-refractivity contribution < 1.29 is 13.3 Å². The Morgan fingerprint density at radius 1 is 0.411 bits per heavy atom. The van der Waals surface area contributed by atoms with Crippen LogP contribution < -0.4 is 0 Å². The van der Waals surface area contributed by atoms with Crippen molar-refractivity contribution >= 4 is 87.3 Å². The largest absolute Gasteiger partial charge is 0.456 e. The highest BCUT2D eigenvalue weighted by atomic mass is 16.3. The van der Waals surface area contributed by atoms with Crippen LogP contribution in [0.4, 0.5) is 0 Å². The molecule has 56 heavy (non-hydrogen) atoms. The molecule has 0 aliphatic carbocycles. The molecule has 0 fully saturated rings. The smallest absolute Gasteiger partial charge is 0.227 e. The lowest BCUT2D eigenvalue weighted by Gasteiger charge is -2.20. The monoisotopic (exact) mass is 719 g/mol. The molecular weight excluding hydrogens is 687 g/mol. The fourth-order valence-electron chi connectivity index (χ4n) is 8.92. The Morgan fingerprint density at radius 2 is 1.05 bits per heavy atom. The van der Waals surface area contributed by atoms with E-state index >= 15 is 0 Å². The molecular formula is C52H33NO3. The number of nitrogens with zero attached hydrogens (tertiary/aromatic N) is 1. The highest BCUT2D eigenvalue weighted by Crippen LogP contribution is 2.39. The normalized spacial score (nSPS) is 12.7. The first-order valence-electron chi connectivity index (χ1n) is 19.2. The number of furan rings is 2. The Bertz CT molecular complexity index is 3500. The maximum atomic E-state index is 6.60. The Balaban J connectivity index is 1.01. The Hall–Kier alpha value is -7.17. The average Bonchev–Trinajstić information content (AvgIpc) is 3.96. The van der Waals surface area contributed by atoms with Crippen molar-refractivity contribution in [3.63, 3.8) is 0 Å². The second-order valence-electron chi connectivity index (χ2n) is 15.1. The summed E-state index contributed by atoms with van der Waals surface area (Å²) in [4.78, 5) is 4.93. The number of oxazole rings is 1. The molecule has 0 aliphatic rings. The van der Waals surface area contributed by atoms with Crippen molar-refractivity contribution in [1.29, 1.82) is 0 Å². The van der Waals surface area contributed by atoms with E-state index in [2.05, 4.69) is 115 Å². The number of benzene rings is 9. The molecule has 0 saturated heterocycles. The van der Waals surface area contributed by atoms with Crippen LogP contribution in [0.1, 0.15) is 22.6 Å². The summed E-state index contributed by atoms with van der Waals surface area (Å²) in [5, 5.41) is 11.6. The summed E-state index contributed by atoms with van der Waals surface area (Å²) in [6.45, 7) is 0. The second-order valence-corrected chi connectivity index (χ2v) is 15.1. The number of hydrogen-bond acceptors (Lipinski definition) is 4. The van der Waals surface area contributed by atoms with E-state index in [0.29, 0.717) is 5.89 Å². The summed E-state index contributed by atoms with van der Waals surface area (Å²) in [6.07, 6.45) is 1.73. The number of fused-ring (bicyclic) bond motifs is 12. The van der Waals surface area contributed by atoms with Gasteiger partial charge >= 0.3 is 0 Å². The fraction of sp³-hybridized carbons (Fsp3) is 0.0577. The first kappa shape index (κ1) is 31.2. The molecule has 1 atom stereocenters. The maximum Gasteiger partial charge on any atom is 0.227 e.